The van der Waals surface area contributed by atoms with Gasteiger partial charge in [-0.3, -0.25) is 0 Å². The van der Waals surface area contributed by atoms with Crippen molar-refractivity contribution in [3.05, 3.63) is 72.4 Å². The fourth-order valence-corrected chi connectivity index (χ4v) is 2.91. The number of hydrogen-bond acceptors (Lipinski definition) is 6. The number of methoxy groups -OCH3 is 2. The lowest BCUT2D eigenvalue weighted by molar-refractivity contribution is 0.0601. The smallest absolute Gasteiger partial charge is 0.337 e. The quantitative estimate of drug-likeness (QED) is 0.533. The van der Waals surface area contributed by atoms with Crippen molar-refractivity contribution < 1.29 is 14.3 Å². The van der Waals surface area contributed by atoms with E-state index >= 15 is 0 Å². The molecule has 4 rings (SSSR count). The zero-order chi connectivity index (χ0) is 19.5. The molecular formula is C21H18N4O3. The van der Waals surface area contributed by atoms with Crippen molar-refractivity contribution in [3.63, 3.8) is 0 Å². The lowest BCUT2D eigenvalue weighted by Gasteiger charge is -2.05. The summed E-state index contributed by atoms with van der Waals surface area (Å²) < 4.78 is 11.8. The Labute approximate surface area is 161 Å². The molecule has 0 aliphatic carbocycles. The summed E-state index contributed by atoms with van der Waals surface area (Å²) in [7, 11) is 3.00. The van der Waals surface area contributed by atoms with Crippen molar-refractivity contribution >= 4 is 23.3 Å². The van der Waals surface area contributed by atoms with Crippen LogP contribution < -0.4 is 10.1 Å². The van der Waals surface area contributed by atoms with Crippen LogP contribution in [0.5, 0.6) is 5.75 Å². The van der Waals surface area contributed by atoms with E-state index in [4.69, 9.17) is 9.47 Å². The molecule has 1 N–H and O–H groups in total. The zero-order valence-corrected chi connectivity index (χ0v) is 15.4. The largest absolute Gasteiger partial charge is 0.497 e. The first-order valence-corrected chi connectivity index (χ1v) is 8.63. The summed E-state index contributed by atoms with van der Waals surface area (Å²) in [6.07, 6.45) is 1.84. The number of hydrogen-bond donors (Lipinski definition) is 1. The topological polar surface area (TPSA) is 77.8 Å². The van der Waals surface area contributed by atoms with Gasteiger partial charge in [0.1, 0.15) is 5.75 Å². The van der Waals surface area contributed by atoms with Crippen LogP contribution in [0.2, 0.25) is 0 Å². The highest BCUT2D eigenvalue weighted by molar-refractivity contribution is 5.89. The van der Waals surface area contributed by atoms with Crippen LogP contribution in [0.4, 0.5) is 11.6 Å². The van der Waals surface area contributed by atoms with E-state index in [1.165, 1.54) is 7.11 Å². The third-order valence-electron chi connectivity index (χ3n) is 4.31. The van der Waals surface area contributed by atoms with E-state index in [0.717, 1.165) is 28.2 Å². The molecule has 2 aromatic carbocycles. The number of esters is 1. The Morgan fingerprint density at radius 1 is 1.04 bits per heavy atom. The van der Waals surface area contributed by atoms with Crippen LogP contribution >= 0.6 is 0 Å². The van der Waals surface area contributed by atoms with Crippen molar-refractivity contribution in [3.8, 4) is 16.9 Å². The van der Waals surface area contributed by atoms with Crippen LogP contribution in [0.3, 0.4) is 0 Å². The van der Waals surface area contributed by atoms with Gasteiger partial charge < -0.3 is 14.8 Å². The molecule has 0 unspecified atom stereocenters. The molecule has 140 valence electrons. The number of anilines is 2. The van der Waals surface area contributed by atoms with E-state index < -0.39 is 0 Å². The summed E-state index contributed by atoms with van der Waals surface area (Å²) in [5.74, 6) is 0.865. The molecule has 28 heavy (non-hydrogen) atoms. The number of nitrogens with one attached hydrogen (secondary N) is 1. The van der Waals surface area contributed by atoms with Crippen LogP contribution in [-0.4, -0.2) is 34.8 Å². The van der Waals surface area contributed by atoms with Gasteiger partial charge in [0.2, 0.25) is 5.95 Å². The number of ether oxygens (including phenoxy) is 2. The van der Waals surface area contributed by atoms with E-state index in [-0.39, 0.29) is 5.97 Å². The lowest BCUT2D eigenvalue weighted by atomic mass is 10.1. The van der Waals surface area contributed by atoms with Gasteiger partial charge in [-0.25, -0.2) is 9.31 Å². The maximum atomic E-state index is 11.5. The fourth-order valence-electron chi connectivity index (χ4n) is 2.91. The van der Waals surface area contributed by atoms with Crippen molar-refractivity contribution in [2.24, 2.45) is 0 Å². The normalized spacial score (nSPS) is 10.6. The molecular weight excluding hydrogens is 356 g/mol. The predicted octanol–water partition coefficient (Wildman–Crippen LogP) is 3.94. The Kier molecular flexibility index (Phi) is 4.63. The standard InChI is InChI=1S/C21H18N4O3/c1-27-17-6-3-5-15(13-17)18-7-4-12-25-19(18)23-21(24-25)22-16-10-8-14(9-11-16)20(26)28-2/h3-13H,1-2H3,(H,22,24). The van der Waals surface area contributed by atoms with Crippen LogP contribution in [0.25, 0.3) is 16.8 Å². The fraction of sp³-hybridized carbons (Fsp3) is 0.0952. The molecule has 0 amide bonds. The number of nitrogens with zero attached hydrogens (tertiary/aromatic N) is 3. The predicted molar refractivity (Wildman–Crippen MR) is 106 cm³/mol. The highest BCUT2D eigenvalue weighted by Crippen LogP contribution is 2.27. The summed E-state index contributed by atoms with van der Waals surface area (Å²) in [6.45, 7) is 0. The number of aromatic nitrogens is 3. The Morgan fingerprint density at radius 2 is 1.86 bits per heavy atom. The second kappa shape index (κ2) is 7.40. The molecule has 7 heteroatoms. The summed E-state index contributed by atoms with van der Waals surface area (Å²) in [5.41, 5.74) is 3.92. The molecule has 0 bridgehead atoms. The van der Waals surface area contributed by atoms with E-state index in [1.807, 2.05) is 42.6 Å². The first kappa shape index (κ1) is 17.5. The summed E-state index contributed by atoms with van der Waals surface area (Å²) in [6, 6.07) is 18.7. The number of pyridine rings is 1. The third-order valence-corrected chi connectivity index (χ3v) is 4.31. The van der Waals surface area contributed by atoms with Crippen LogP contribution in [0.15, 0.2) is 66.9 Å². The molecule has 4 aromatic rings. The monoisotopic (exact) mass is 374 g/mol. The first-order valence-electron chi connectivity index (χ1n) is 8.63. The van der Waals surface area contributed by atoms with E-state index in [0.29, 0.717) is 11.5 Å². The molecule has 0 atom stereocenters. The molecule has 0 saturated heterocycles. The molecule has 0 spiro atoms. The summed E-state index contributed by atoms with van der Waals surface area (Å²) in [4.78, 5) is 16.2. The van der Waals surface area contributed by atoms with Gasteiger partial charge in [0.25, 0.3) is 0 Å². The molecule has 7 nitrogen and oxygen atoms in total. The molecule has 2 aromatic heterocycles. The Morgan fingerprint density at radius 3 is 2.61 bits per heavy atom. The molecule has 0 aliphatic heterocycles. The van der Waals surface area contributed by atoms with Crippen molar-refractivity contribution in [2.75, 3.05) is 19.5 Å². The summed E-state index contributed by atoms with van der Waals surface area (Å²) in [5, 5.41) is 7.64. The van der Waals surface area contributed by atoms with Gasteiger partial charge in [-0.15, -0.1) is 5.10 Å². The van der Waals surface area contributed by atoms with E-state index in [2.05, 4.69) is 15.4 Å². The minimum absolute atomic E-state index is 0.375. The minimum atomic E-state index is -0.375. The van der Waals surface area contributed by atoms with Gasteiger partial charge in [0.05, 0.1) is 19.8 Å². The van der Waals surface area contributed by atoms with Crippen LogP contribution in [0.1, 0.15) is 10.4 Å². The maximum Gasteiger partial charge on any atom is 0.337 e. The number of rotatable bonds is 5. The Balaban J connectivity index is 1.66. The maximum absolute atomic E-state index is 11.5. The second-order valence-corrected chi connectivity index (χ2v) is 6.05. The van der Waals surface area contributed by atoms with Crippen molar-refractivity contribution in [2.45, 2.75) is 0 Å². The highest BCUT2D eigenvalue weighted by atomic mass is 16.5. The highest BCUT2D eigenvalue weighted by Gasteiger charge is 2.11. The molecule has 0 saturated carbocycles. The SMILES string of the molecule is COC(=O)c1ccc(Nc2nc3c(-c4cccc(OC)c4)cccn3n2)cc1. The van der Waals surface area contributed by atoms with Gasteiger partial charge >= 0.3 is 5.97 Å². The van der Waals surface area contributed by atoms with Gasteiger partial charge in [-0.1, -0.05) is 12.1 Å². The average molecular weight is 374 g/mol. The Bertz CT molecular complexity index is 1140. The summed E-state index contributed by atoms with van der Waals surface area (Å²) >= 11 is 0. The molecule has 0 fully saturated rings. The first-order chi connectivity index (χ1) is 13.7. The van der Waals surface area contributed by atoms with Crippen molar-refractivity contribution in [1.82, 2.24) is 14.6 Å². The van der Waals surface area contributed by atoms with Gasteiger partial charge in [-0.2, -0.15) is 4.98 Å². The zero-order valence-electron chi connectivity index (χ0n) is 15.4. The van der Waals surface area contributed by atoms with Crippen molar-refractivity contribution in [1.29, 1.82) is 0 Å². The van der Waals surface area contributed by atoms with Crippen LogP contribution in [-0.2, 0) is 4.74 Å². The average Bonchev–Trinajstić information content (AvgIpc) is 3.16. The van der Waals surface area contributed by atoms with Gasteiger partial charge in [-0.05, 0) is 54.1 Å². The lowest BCUT2D eigenvalue weighted by Crippen LogP contribution is -2.01. The number of benzene rings is 2. The third kappa shape index (κ3) is 3.37. The van der Waals surface area contributed by atoms with E-state index in [1.54, 1.807) is 35.9 Å². The number of carbonyl (C=O) groups is 1. The molecule has 0 aliphatic rings. The number of fused-ring (bicyclic) bond motifs is 1. The minimum Gasteiger partial charge on any atom is -0.497 e. The second-order valence-electron chi connectivity index (χ2n) is 6.05. The van der Waals surface area contributed by atoms with E-state index in [9.17, 15) is 4.79 Å². The molecule has 0 radical (unpaired) electrons. The Hall–Kier alpha value is -3.87. The van der Waals surface area contributed by atoms with Gasteiger partial charge in [0, 0.05) is 17.4 Å². The van der Waals surface area contributed by atoms with Gasteiger partial charge in [0.15, 0.2) is 5.65 Å². The number of carbonyl (C=O) groups excluding carboxylic acids is 1. The van der Waals surface area contributed by atoms with Crippen LogP contribution in [0, 0.1) is 0 Å². The molecule has 2 heterocycles.